The highest BCUT2D eigenvalue weighted by Gasteiger charge is 2.37. The molecule has 4 aromatic rings. The van der Waals surface area contributed by atoms with E-state index in [1.54, 1.807) is 30.3 Å². The Bertz CT molecular complexity index is 1950. The molecule has 0 aromatic heterocycles. The molecular weight excluding hydrogens is 687 g/mol. The van der Waals surface area contributed by atoms with Crippen LogP contribution in [-0.4, -0.2) is 78.8 Å². The predicted octanol–water partition coefficient (Wildman–Crippen LogP) is 5.48. The van der Waals surface area contributed by atoms with Crippen molar-refractivity contribution in [2.24, 2.45) is 0 Å². The maximum Gasteiger partial charge on any atom is 0.265 e. The molecule has 0 spiro atoms. The van der Waals surface area contributed by atoms with E-state index < -0.39 is 40.0 Å². The van der Waals surface area contributed by atoms with Gasteiger partial charge in [0, 0.05) is 30.6 Å². The summed E-state index contributed by atoms with van der Waals surface area (Å²) < 4.78 is 57.7. The second-order valence-electron chi connectivity index (χ2n) is 12.9. The van der Waals surface area contributed by atoms with Crippen LogP contribution in [0.15, 0.2) is 95.9 Å². The lowest BCUT2D eigenvalue weighted by Gasteiger charge is -2.35. The van der Waals surface area contributed by atoms with Crippen molar-refractivity contribution in [3.63, 3.8) is 0 Å². The lowest BCUT2D eigenvalue weighted by molar-refractivity contribution is -0.140. The Labute approximate surface area is 306 Å². The molecule has 4 rings (SSSR count). The third kappa shape index (κ3) is 9.66. The Morgan fingerprint density at radius 2 is 1.31 bits per heavy atom. The molecular formula is C39H47N3O9S. The topological polar surface area (TPSA) is 133 Å². The first kappa shape index (κ1) is 39.4. The number of hydrogen-bond acceptors (Lipinski definition) is 9. The molecule has 0 bridgehead atoms. The van der Waals surface area contributed by atoms with Crippen LogP contribution in [0.3, 0.4) is 0 Å². The minimum atomic E-state index is -4.52. The molecule has 0 aliphatic rings. The summed E-state index contributed by atoms with van der Waals surface area (Å²) in [7, 11) is 2.70. The van der Waals surface area contributed by atoms with Gasteiger partial charge in [-0.15, -0.1) is 0 Å². The molecule has 52 heavy (non-hydrogen) atoms. The van der Waals surface area contributed by atoms with E-state index in [2.05, 4.69) is 5.32 Å². The normalized spacial score (nSPS) is 11.9. The smallest absolute Gasteiger partial charge is 0.265 e. The van der Waals surface area contributed by atoms with Crippen LogP contribution >= 0.6 is 0 Å². The molecule has 0 heterocycles. The molecule has 278 valence electrons. The number of nitrogens with one attached hydrogen (secondary N) is 1. The van der Waals surface area contributed by atoms with E-state index in [1.807, 2.05) is 57.2 Å². The second kappa shape index (κ2) is 17.2. The Morgan fingerprint density at radius 3 is 1.92 bits per heavy atom. The van der Waals surface area contributed by atoms with Crippen LogP contribution in [0.1, 0.15) is 31.9 Å². The molecule has 0 aliphatic carbocycles. The fourth-order valence-electron chi connectivity index (χ4n) is 5.58. The molecule has 12 nitrogen and oxygen atoms in total. The lowest BCUT2D eigenvalue weighted by atomic mass is 10.0. The Hall–Kier alpha value is -5.43. The largest absolute Gasteiger partial charge is 0.497 e. The van der Waals surface area contributed by atoms with Crippen LogP contribution in [0.5, 0.6) is 28.7 Å². The van der Waals surface area contributed by atoms with Gasteiger partial charge >= 0.3 is 0 Å². The summed E-state index contributed by atoms with van der Waals surface area (Å²) in [5.74, 6) is 0.499. The standard InChI is InChI=1S/C39H47N3O9S/c1-39(2,3)40-38(44)33(22-27-13-10-9-11-14-27)41(25-28-15-12-16-29(21-28)47-4)37(43)26-42(32-23-30(48-5)17-19-34(32)49-6)52(45,46)31-18-20-35(50-7)36(24-31)51-8/h9-21,23-24,33H,22,25-26H2,1-8H3,(H,40,44). The third-order valence-electron chi connectivity index (χ3n) is 8.13. The van der Waals surface area contributed by atoms with Gasteiger partial charge in [0.1, 0.15) is 29.8 Å². The van der Waals surface area contributed by atoms with Crippen molar-refractivity contribution in [3.8, 4) is 28.7 Å². The van der Waals surface area contributed by atoms with E-state index in [9.17, 15) is 18.0 Å². The van der Waals surface area contributed by atoms with Gasteiger partial charge in [-0.1, -0.05) is 42.5 Å². The van der Waals surface area contributed by atoms with E-state index in [0.717, 1.165) is 9.87 Å². The van der Waals surface area contributed by atoms with E-state index in [4.69, 9.17) is 23.7 Å². The van der Waals surface area contributed by atoms with Crippen LogP contribution in [0.2, 0.25) is 0 Å². The fraction of sp³-hybridized carbons (Fsp3) is 0.333. The average Bonchev–Trinajstić information content (AvgIpc) is 3.14. The highest BCUT2D eigenvalue weighted by atomic mass is 32.2. The molecule has 1 atom stereocenters. The molecule has 1 unspecified atom stereocenters. The van der Waals surface area contributed by atoms with Crippen molar-refractivity contribution in [1.82, 2.24) is 10.2 Å². The van der Waals surface area contributed by atoms with Crippen LogP contribution in [-0.2, 0) is 32.6 Å². The number of anilines is 1. The van der Waals surface area contributed by atoms with Crippen molar-refractivity contribution in [3.05, 3.63) is 102 Å². The SMILES string of the molecule is COc1cccc(CN(C(=O)CN(c2cc(OC)ccc2OC)S(=O)(=O)c2ccc(OC)c(OC)c2)C(Cc2ccccc2)C(=O)NC(C)(C)C)c1. The minimum absolute atomic E-state index is 0.0371. The summed E-state index contributed by atoms with van der Waals surface area (Å²) in [6, 6.07) is 24.2. The molecule has 4 aromatic carbocycles. The number of methoxy groups -OCH3 is 5. The van der Waals surface area contributed by atoms with E-state index >= 15 is 0 Å². The van der Waals surface area contributed by atoms with Gasteiger partial charge in [0.25, 0.3) is 10.0 Å². The number of nitrogens with zero attached hydrogens (tertiary/aromatic N) is 2. The second-order valence-corrected chi connectivity index (χ2v) is 14.7. The van der Waals surface area contributed by atoms with Crippen LogP contribution in [0.25, 0.3) is 0 Å². The molecule has 1 N–H and O–H groups in total. The maximum absolute atomic E-state index is 14.9. The van der Waals surface area contributed by atoms with E-state index in [0.29, 0.717) is 22.8 Å². The van der Waals surface area contributed by atoms with Crippen molar-refractivity contribution in [2.75, 3.05) is 46.4 Å². The van der Waals surface area contributed by atoms with Crippen molar-refractivity contribution >= 4 is 27.5 Å². The highest BCUT2D eigenvalue weighted by Crippen LogP contribution is 2.38. The van der Waals surface area contributed by atoms with E-state index in [-0.39, 0.29) is 35.0 Å². The number of benzene rings is 4. The maximum atomic E-state index is 14.9. The summed E-state index contributed by atoms with van der Waals surface area (Å²) in [6.07, 6.45) is 0.156. The zero-order chi connectivity index (χ0) is 38.1. The zero-order valence-electron chi connectivity index (χ0n) is 30.8. The Kier molecular flexibility index (Phi) is 13.0. The summed E-state index contributed by atoms with van der Waals surface area (Å²) in [5, 5.41) is 3.03. The third-order valence-corrected chi connectivity index (χ3v) is 9.89. The average molecular weight is 734 g/mol. The zero-order valence-corrected chi connectivity index (χ0v) is 31.7. The van der Waals surface area contributed by atoms with Gasteiger partial charge in [-0.2, -0.15) is 0 Å². The van der Waals surface area contributed by atoms with Crippen molar-refractivity contribution in [2.45, 2.75) is 50.2 Å². The van der Waals surface area contributed by atoms with Gasteiger partial charge in [-0.25, -0.2) is 8.42 Å². The number of sulfonamides is 1. The van der Waals surface area contributed by atoms with E-state index in [1.165, 1.54) is 64.7 Å². The Morgan fingerprint density at radius 1 is 0.692 bits per heavy atom. The molecule has 0 radical (unpaired) electrons. The van der Waals surface area contributed by atoms with Gasteiger partial charge in [0.15, 0.2) is 11.5 Å². The number of carbonyl (C=O) groups excluding carboxylic acids is 2. The van der Waals surface area contributed by atoms with Gasteiger partial charge < -0.3 is 33.9 Å². The predicted molar refractivity (Wildman–Crippen MR) is 199 cm³/mol. The van der Waals surface area contributed by atoms with Gasteiger partial charge in [0.05, 0.1) is 46.1 Å². The Balaban J connectivity index is 1.92. The van der Waals surface area contributed by atoms with Gasteiger partial charge in [-0.05, 0) is 68.3 Å². The van der Waals surface area contributed by atoms with Gasteiger partial charge in [0.2, 0.25) is 11.8 Å². The molecule has 0 aliphatic heterocycles. The molecule has 0 saturated carbocycles. The van der Waals surface area contributed by atoms with Crippen LogP contribution in [0, 0.1) is 0 Å². The highest BCUT2D eigenvalue weighted by molar-refractivity contribution is 7.92. The number of amides is 2. The fourth-order valence-corrected chi connectivity index (χ4v) is 7.02. The first-order valence-corrected chi connectivity index (χ1v) is 17.9. The van der Waals surface area contributed by atoms with Crippen LogP contribution in [0.4, 0.5) is 5.69 Å². The lowest BCUT2D eigenvalue weighted by Crippen LogP contribution is -2.56. The molecule has 2 amide bonds. The van der Waals surface area contributed by atoms with Crippen molar-refractivity contribution in [1.29, 1.82) is 0 Å². The molecule has 0 fully saturated rings. The molecule has 0 saturated heterocycles. The monoisotopic (exact) mass is 733 g/mol. The van der Waals surface area contributed by atoms with Gasteiger partial charge in [-0.3, -0.25) is 13.9 Å². The summed E-state index contributed by atoms with van der Waals surface area (Å²) in [5.41, 5.74) is 0.893. The minimum Gasteiger partial charge on any atom is -0.497 e. The van der Waals surface area contributed by atoms with Crippen molar-refractivity contribution < 1.29 is 41.7 Å². The first-order chi connectivity index (χ1) is 24.7. The number of carbonyl (C=O) groups is 2. The first-order valence-electron chi connectivity index (χ1n) is 16.5. The van der Waals surface area contributed by atoms with Crippen LogP contribution < -0.4 is 33.3 Å². The summed E-state index contributed by atoms with van der Waals surface area (Å²) in [4.78, 5) is 30.4. The summed E-state index contributed by atoms with van der Waals surface area (Å²) >= 11 is 0. The number of hydrogen-bond donors (Lipinski definition) is 1. The molecule has 13 heteroatoms. The number of ether oxygens (including phenoxy) is 5. The quantitative estimate of drug-likeness (QED) is 0.159. The number of rotatable bonds is 16. The summed E-state index contributed by atoms with van der Waals surface area (Å²) in [6.45, 7) is 4.81.